The topological polar surface area (TPSA) is 66.4 Å². The van der Waals surface area contributed by atoms with Gasteiger partial charge in [-0.25, -0.2) is 0 Å². The van der Waals surface area contributed by atoms with Gasteiger partial charge in [-0.05, 0) is 5.41 Å². The number of ether oxygens (including phenoxy) is 5. The van der Waals surface area contributed by atoms with E-state index in [1.165, 1.54) is 0 Å². The third-order valence-electron chi connectivity index (χ3n) is 3.50. The number of halogens is 15. The van der Waals surface area contributed by atoms with Gasteiger partial charge in [0.2, 0.25) is 17.2 Å². The first-order valence-electron chi connectivity index (χ1n) is 8.71. The third-order valence-corrected chi connectivity index (χ3v) is 3.50. The van der Waals surface area contributed by atoms with E-state index in [4.69, 9.17) is 0 Å². The molecule has 1 rings (SSSR count). The minimum Gasteiger partial charge on any atom is -0.401 e. The highest BCUT2D eigenvalue weighted by atomic mass is 19.4. The van der Waals surface area contributed by atoms with Crippen LogP contribution < -0.4 is 23.7 Å². The highest BCUT2D eigenvalue weighted by molar-refractivity contribution is 5.71. The van der Waals surface area contributed by atoms with Gasteiger partial charge >= 0.3 is 31.8 Å². The van der Waals surface area contributed by atoms with Crippen molar-refractivity contribution in [2.45, 2.75) is 58.7 Å². The van der Waals surface area contributed by atoms with Crippen LogP contribution in [-0.4, -0.2) is 36.9 Å². The average molecular weight is 584 g/mol. The minimum absolute atomic E-state index is 0.793. The molecule has 0 aliphatic rings. The van der Waals surface area contributed by atoms with Gasteiger partial charge in [-0.2, -0.15) is 0 Å². The van der Waals surface area contributed by atoms with E-state index in [1.54, 1.807) is 0 Å². The maximum absolute atomic E-state index is 13.0. The van der Waals surface area contributed by atoms with E-state index in [9.17, 15) is 71.0 Å². The second-order valence-electron chi connectivity index (χ2n) is 7.57. The summed E-state index contributed by atoms with van der Waals surface area (Å²) in [7, 11) is 0. The molecule has 1 aromatic rings. The predicted octanol–water partition coefficient (Wildman–Crippen LogP) is 7.26. The van der Waals surface area contributed by atoms with E-state index in [2.05, 4.69) is 23.7 Å². The van der Waals surface area contributed by atoms with Crippen LogP contribution >= 0.6 is 0 Å². The second kappa shape index (κ2) is 9.78. The summed E-state index contributed by atoms with van der Waals surface area (Å²) in [5.74, 6) is -14.9. The summed E-state index contributed by atoms with van der Waals surface area (Å²) in [6.45, 7) is 2.38. The maximum Gasteiger partial charge on any atom is 0.573 e. The number of aliphatic hydroxyl groups is 1. The van der Waals surface area contributed by atoms with E-state index in [-0.39, 0.29) is 0 Å². The number of hydrogen-bond acceptors (Lipinski definition) is 6. The molecule has 0 saturated carbocycles. The fourth-order valence-corrected chi connectivity index (χ4v) is 2.40. The molecule has 1 unspecified atom stereocenters. The summed E-state index contributed by atoms with van der Waals surface area (Å²) in [5.41, 5.74) is -4.39. The normalized spacial score (nSPS) is 14.8. The molecule has 37 heavy (non-hydrogen) atoms. The van der Waals surface area contributed by atoms with E-state index in [1.807, 2.05) is 0 Å². The molecule has 0 amide bonds. The Kier molecular flexibility index (Phi) is 8.50. The number of benzene rings is 1. The van der Waals surface area contributed by atoms with Crippen molar-refractivity contribution in [3.63, 3.8) is 0 Å². The van der Waals surface area contributed by atoms with E-state index in [0.717, 1.165) is 20.8 Å². The van der Waals surface area contributed by atoms with Gasteiger partial charge in [0.1, 0.15) is 0 Å². The Bertz CT molecular complexity index is 894. The first-order valence-corrected chi connectivity index (χ1v) is 8.71. The zero-order chi connectivity index (χ0) is 29.6. The maximum atomic E-state index is 13.0. The van der Waals surface area contributed by atoms with Crippen LogP contribution in [0, 0.1) is 5.41 Å². The monoisotopic (exact) mass is 584 g/mol. The Labute approximate surface area is 194 Å². The van der Waals surface area contributed by atoms with Gasteiger partial charge in [0.25, 0.3) is 0 Å². The summed E-state index contributed by atoms with van der Waals surface area (Å²) < 4.78 is 209. The summed E-state index contributed by atoms with van der Waals surface area (Å²) in [4.78, 5) is 0. The van der Waals surface area contributed by atoms with Crippen molar-refractivity contribution in [2.24, 2.45) is 5.41 Å². The number of alkyl halides is 15. The Hall–Kier alpha value is -2.87. The van der Waals surface area contributed by atoms with Gasteiger partial charge in [0.15, 0.2) is 11.5 Å². The smallest absolute Gasteiger partial charge is 0.401 e. The number of aliphatic hydroxyl groups excluding tert-OH is 1. The lowest BCUT2D eigenvalue weighted by atomic mass is 9.83. The molecular weight excluding hydrogens is 573 g/mol. The molecule has 0 spiro atoms. The summed E-state index contributed by atoms with van der Waals surface area (Å²) >= 11 is 0. The zero-order valence-corrected chi connectivity index (χ0v) is 17.7. The van der Waals surface area contributed by atoms with Crippen molar-refractivity contribution < 1.29 is 94.6 Å². The lowest BCUT2D eigenvalue weighted by Gasteiger charge is -2.32. The number of rotatable bonds is 6. The Morgan fingerprint density at radius 1 is 0.432 bits per heavy atom. The lowest BCUT2D eigenvalue weighted by molar-refractivity contribution is -0.300. The third kappa shape index (κ3) is 10.2. The van der Waals surface area contributed by atoms with Crippen molar-refractivity contribution in [2.75, 3.05) is 0 Å². The minimum atomic E-state index is -6.39. The predicted molar refractivity (Wildman–Crippen MR) is 84.3 cm³/mol. The van der Waals surface area contributed by atoms with Crippen LogP contribution in [0.15, 0.2) is 0 Å². The SMILES string of the molecule is CC(C)(C)C(O)c1c(OC(F)(F)F)c(OC(F)(F)F)c(OC(F)(F)F)c(OC(F)(F)F)c1OC(F)(F)F. The van der Waals surface area contributed by atoms with E-state index >= 15 is 0 Å². The van der Waals surface area contributed by atoms with Crippen molar-refractivity contribution in [3.05, 3.63) is 5.56 Å². The standard InChI is InChI=1S/C16H11F15O6/c1-11(2,3)10(32)4-5(33-12(17,18)19)7(35-14(23,24)25)9(37-16(29,30)31)8(36-15(26,27)28)6(4)34-13(20,21)22/h10,32H,1-3H3. The van der Waals surface area contributed by atoms with E-state index < -0.39 is 77.6 Å². The Morgan fingerprint density at radius 3 is 0.811 bits per heavy atom. The van der Waals surface area contributed by atoms with Crippen LogP contribution in [-0.2, 0) is 0 Å². The number of hydrogen-bond donors (Lipinski definition) is 1. The van der Waals surface area contributed by atoms with Gasteiger partial charge in [0, 0.05) is 0 Å². The molecule has 0 heterocycles. The molecule has 216 valence electrons. The first-order chi connectivity index (χ1) is 16.0. The van der Waals surface area contributed by atoms with Crippen LogP contribution in [0.1, 0.15) is 32.4 Å². The van der Waals surface area contributed by atoms with Crippen molar-refractivity contribution in [1.29, 1.82) is 0 Å². The average Bonchev–Trinajstić information content (AvgIpc) is 2.54. The van der Waals surface area contributed by atoms with Crippen LogP contribution in [0.2, 0.25) is 0 Å². The van der Waals surface area contributed by atoms with Crippen molar-refractivity contribution in [1.82, 2.24) is 0 Å². The van der Waals surface area contributed by atoms with Crippen LogP contribution in [0.25, 0.3) is 0 Å². The molecule has 0 saturated heterocycles. The molecule has 6 nitrogen and oxygen atoms in total. The lowest BCUT2D eigenvalue weighted by Crippen LogP contribution is -2.30. The molecule has 0 bridgehead atoms. The van der Waals surface area contributed by atoms with Gasteiger partial charge in [-0.15, -0.1) is 65.9 Å². The highest BCUT2D eigenvalue weighted by Crippen LogP contribution is 2.61. The first kappa shape index (κ1) is 32.2. The molecule has 1 atom stereocenters. The van der Waals surface area contributed by atoms with Crippen molar-refractivity contribution in [3.8, 4) is 28.7 Å². The molecule has 1 aromatic carbocycles. The molecular formula is C16H11F15O6. The molecule has 0 radical (unpaired) electrons. The molecule has 0 aliphatic carbocycles. The molecule has 0 fully saturated rings. The Balaban J connectivity index is 4.57. The van der Waals surface area contributed by atoms with Crippen LogP contribution in [0.4, 0.5) is 65.9 Å². The quantitative estimate of drug-likeness (QED) is 0.356. The van der Waals surface area contributed by atoms with E-state index in [0.29, 0.717) is 0 Å². The summed E-state index contributed by atoms with van der Waals surface area (Å²) in [6, 6.07) is 0. The second-order valence-corrected chi connectivity index (χ2v) is 7.57. The van der Waals surface area contributed by atoms with Gasteiger partial charge in [0.05, 0.1) is 11.7 Å². The largest absolute Gasteiger partial charge is 0.573 e. The summed E-state index contributed by atoms with van der Waals surface area (Å²) in [5, 5.41) is 10.4. The van der Waals surface area contributed by atoms with Crippen LogP contribution in [0.3, 0.4) is 0 Å². The molecule has 0 aliphatic heterocycles. The van der Waals surface area contributed by atoms with Gasteiger partial charge < -0.3 is 28.8 Å². The van der Waals surface area contributed by atoms with Crippen LogP contribution in [0.5, 0.6) is 28.7 Å². The fourth-order valence-electron chi connectivity index (χ4n) is 2.40. The fraction of sp³-hybridized carbons (Fsp3) is 0.625. The van der Waals surface area contributed by atoms with Gasteiger partial charge in [-0.3, -0.25) is 0 Å². The molecule has 1 N–H and O–H groups in total. The Morgan fingerprint density at radius 2 is 0.622 bits per heavy atom. The molecule has 21 heteroatoms. The highest BCUT2D eigenvalue weighted by Gasteiger charge is 2.51. The van der Waals surface area contributed by atoms with Crippen molar-refractivity contribution >= 4 is 0 Å². The summed E-state index contributed by atoms with van der Waals surface area (Å²) in [6.07, 6.45) is -34.5. The zero-order valence-electron chi connectivity index (χ0n) is 17.7. The molecule has 0 aromatic heterocycles. The van der Waals surface area contributed by atoms with Gasteiger partial charge in [-0.1, -0.05) is 20.8 Å².